The van der Waals surface area contributed by atoms with Crippen molar-refractivity contribution in [2.24, 2.45) is 0 Å². The first kappa shape index (κ1) is 34.6. The van der Waals surface area contributed by atoms with Crippen LogP contribution in [0.2, 0.25) is 0 Å². The first-order valence-corrected chi connectivity index (χ1v) is 13.1. The van der Waals surface area contributed by atoms with Gasteiger partial charge in [0.2, 0.25) is 0 Å². The van der Waals surface area contributed by atoms with Crippen molar-refractivity contribution in [2.75, 3.05) is 64.3 Å². The summed E-state index contributed by atoms with van der Waals surface area (Å²) in [6, 6.07) is 3.73. The summed E-state index contributed by atoms with van der Waals surface area (Å²) in [5.41, 5.74) is 1.09. The van der Waals surface area contributed by atoms with E-state index in [2.05, 4.69) is 10.3 Å². The third-order valence-corrected chi connectivity index (χ3v) is 6.40. The number of rotatable bonds is 13. The van der Waals surface area contributed by atoms with Crippen LogP contribution in [0.15, 0.2) is 21.7 Å². The Labute approximate surface area is 268 Å². The molecule has 2 aromatic rings. The molecule has 1 aliphatic heterocycles. The number of carbonyl (C=O) groups is 3. The molecular weight excluding hydrogens is 684 g/mol. The maximum Gasteiger partial charge on any atom is 3.00 e. The van der Waals surface area contributed by atoms with Gasteiger partial charge >= 0.3 is 57.8 Å². The first-order valence-electron chi connectivity index (χ1n) is 13.1. The van der Waals surface area contributed by atoms with Gasteiger partial charge in [-0.2, -0.15) is 0 Å². The van der Waals surface area contributed by atoms with Crippen LogP contribution in [0.5, 0.6) is 5.75 Å². The maximum atomic E-state index is 11.8. The number of carboxylic acid groups (broad SMARTS) is 3. The van der Waals surface area contributed by atoms with Crippen LogP contribution >= 0.6 is 0 Å². The Morgan fingerprint density at radius 2 is 1.34 bits per heavy atom. The van der Waals surface area contributed by atoms with Crippen molar-refractivity contribution in [3.8, 4) is 5.75 Å². The first-order chi connectivity index (χ1) is 19.0. The number of aromatic nitrogens is 1. The number of anilines is 1. The number of aliphatic carboxylic acids is 3. The molecular formula is C26H35GdN5O9+3. The fourth-order valence-corrected chi connectivity index (χ4v) is 4.64. The van der Waals surface area contributed by atoms with E-state index >= 15 is 0 Å². The Morgan fingerprint density at radius 1 is 0.854 bits per heavy atom. The molecule has 0 saturated carbocycles. The smallest absolute Gasteiger partial charge is 0.488 e. The largest absolute Gasteiger partial charge is 3.00 e. The van der Waals surface area contributed by atoms with Crippen molar-refractivity contribution >= 4 is 23.6 Å². The number of ether oxygens (including phenoxy) is 1. The molecule has 0 fully saturated rings. The van der Waals surface area contributed by atoms with Gasteiger partial charge in [-0.3, -0.25) is 43.7 Å². The molecule has 0 saturated heterocycles. The summed E-state index contributed by atoms with van der Waals surface area (Å²) in [5.74, 6) is -3.00. The molecule has 223 valence electrons. The van der Waals surface area contributed by atoms with Gasteiger partial charge in [-0.25, -0.2) is 0 Å². The summed E-state index contributed by atoms with van der Waals surface area (Å²) in [6.45, 7) is 3.25. The second kappa shape index (κ2) is 16.8. The number of nitrogens with zero attached hydrogens (tertiary/aromatic N) is 4. The van der Waals surface area contributed by atoms with E-state index in [-0.39, 0.29) is 104 Å². The zero-order valence-electron chi connectivity index (χ0n) is 22.8. The fourth-order valence-electron chi connectivity index (χ4n) is 4.64. The fraction of sp³-hybridized carbons (Fsp3) is 0.538. The molecule has 0 amide bonds. The third-order valence-electron chi connectivity index (χ3n) is 6.40. The van der Waals surface area contributed by atoms with Gasteiger partial charge in [0.15, 0.2) is 5.75 Å². The number of pyridine rings is 1. The Bertz CT molecular complexity index is 1230. The summed E-state index contributed by atoms with van der Waals surface area (Å²) >= 11 is 0. The van der Waals surface area contributed by atoms with Crippen LogP contribution < -0.4 is 20.9 Å². The van der Waals surface area contributed by atoms with E-state index < -0.39 is 28.8 Å². The maximum absolute atomic E-state index is 11.8. The minimum atomic E-state index is -1.02. The molecule has 14 nitrogen and oxygen atoms in total. The van der Waals surface area contributed by atoms with Crippen LogP contribution in [0, 0.1) is 39.9 Å². The van der Waals surface area contributed by atoms with Crippen molar-refractivity contribution < 1.29 is 74.4 Å². The van der Waals surface area contributed by atoms with E-state index in [1.807, 2.05) is 12.1 Å². The van der Waals surface area contributed by atoms with Gasteiger partial charge in [0, 0.05) is 45.8 Å². The summed E-state index contributed by atoms with van der Waals surface area (Å²) in [4.78, 5) is 67.6. The number of hydrogen-bond donors (Lipinski definition) is 4. The minimum absolute atomic E-state index is 0. The normalized spacial score (nSPS) is 15.3. The van der Waals surface area contributed by atoms with Gasteiger partial charge < -0.3 is 25.4 Å². The molecule has 2 bridgehead atoms. The summed E-state index contributed by atoms with van der Waals surface area (Å²) in [5, 5.41) is 31.1. The number of aryl methyl sites for hydroxylation is 1. The van der Waals surface area contributed by atoms with Gasteiger partial charge in [-0.05, 0) is 37.5 Å². The van der Waals surface area contributed by atoms with Crippen LogP contribution in [0.3, 0.4) is 0 Å². The molecule has 3 rings (SSSR count). The van der Waals surface area contributed by atoms with Crippen LogP contribution in [0.4, 0.5) is 5.69 Å². The van der Waals surface area contributed by atoms with E-state index in [9.17, 15) is 39.3 Å². The molecule has 1 aromatic heterocycles. The van der Waals surface area contributed by atoms with E-state index in [0.29, 0.717) is 43.9 Å². The number of hydrogen-bond acceptors (Lipinski definition) is 11. The molecule has 1 radical (unpaired) electrons. The molecule has 0 unspecified atom stereocenters. The Hall–Kier alpha value is -2.56. The standard InChI is InChI=1S/C26H35N5O9.Gd/c1-2-40-26-23(24(38)25(26)39)27-5-3-4-17-10-18-12-30(15-21(34)35)8-6-29(14-20(32)33)7-9-31(16-22(36)37)13-19(11-17)28-18;/h10-11,27H,2-9,12-16H2,1H3,(H,32,33)(H,34,35)(H,36,37);/q;+3. The quantitative estimate of drug-likeness (QED) is 0.150. The zero-order chi connectivity index (χ0) is 29.2. The van der Waals surface area contributed by atoms with Crippen molar-refractivity contribution in [1.82, 2.24) is 19.7 Å². The Kier molecular flexibility index (Phi) is 14.2. The molecule has 2 heterocycles. The molecule has 0 atom stereocenters. The van der Waals surface area contributed by atoms with Gasteiger partial charge in [0.25, 0.3) is 10.9 Å². The minimum Gasteiger partial charge on any atom is -0.488 e. The molecule has 1 aromatic carbocycles. The predicted octanol–water partition coefficient (Wildman–Crippen LogP) is -0.706. The molecule has 41 heavy (non-hydrogen) atoms. The van der Waals surface area contributed by atoms with Crippen molar-refractivity contribution in [2.45, 2.75) is 32.9 Å². The van der Waals surface area contributed by atoms with Crippen molar-refractivity contribution in [1.29, 1.82) is 0 Å². The van der Waals surface area contributed by atoms with Crippen LogP contribution in [-0.4, -0.2) is 112 Å². The second-order valence-corrected chi connectivity index (χ2v) is 9.66. The number of fused-ring (bicyclic) bond motifs is 2. The zero-order valence-corrected chi connectivity index (χ0v) is 25.0. The van der Waals surface area contributed by atoms with Crippen molar-refractivity contribution in [3.63, 3.8) is 0 Å². The summed E-state index contributed by atoms with van der Waals surface area (Å²) in [6.07, 6.45) is 1.19. The SMILES string of the molecule is CCOc1c(NCCCc2cc3nc(c2)CN(CC(=O)O)CCN(CC(=O)O)CCN(CC(=O)O)C3)c(=O)c1=O.[Gd+3]. The average Bonchev–Trinajstić information content (AvgIpc) is 2.87. The van der Waals surface area contributed by atoms with Crippen LogP contribution in [0.1, 0.15) is 30.3 Å². The monoisotopic (exact) mass is 719 g/mol. The van der Waals surface area contributed by atoms with Crippen molar-refractivity contribution in [3.05, 3.63) is 49.5 Å². The Balaban J connectivity index is 0.00000588. The van der Waals surface area contributed by atoms with Gasteiger partial charge in [0.05, 0.1) is 37.6 Å². The van der Waals surface area contributed by atoms with E-state index in [1.54, 1.807) is 21.6 Å². The summed E-state index contributed by atoms with van der Waals surface area (Å²) in [7, 11) is 0. The molecule has 0 spiro atoms. The predicted molar refractivity (Wildman–Crippen MR) is 143 cm³/mol. The van der Waals surface area contributed by atoms with E-state index in [4.69, 9.17) is 4.74 Å². The second-order valence-electron chi connectivity index (χ2n) is 9.66. The van der Waals surface area contributed by atoms with Gasteiger partial charge in [0.1, 0.15) is 5.69 Å². The number of nitrogens with one attached hydrogen (secondary N) is 1. The molecule has 15 heteroatoms. The van der Waals surface area contributed by atoms with Crippen LogP contribution in [0.25, 0.3) is 0 Å². The average molecular weight is 719 g/mol. The molecule has 4 N–H and O–H groups in total. The Morgan fingerprint density at radius 3 is 1.83 bits per heavy atom. The van der Waals surface area contributed by atoms with Crippen LogP contribution in [-0.2, 0) is 33.9 Å². The van der Waals surface area contributed by atoms with E-state index in [1.165, 1.54) is 0 Å². The molecule has 0 aliphatic carbocycles. The third kappa shape index (κ3) is 11.0. The van der Waals surface area contributed by atoms with Gasteiger partial charge in [-0.1, -0.05) is 0 Å². The van der Waals surface area contributed by atoms with Gasteiger partial charge in [-0.15, -0.1) is 0 Å². The summed E-state index contributed by atoms with van der Waals surface area (Å²) < 4.78 is 5.22. The van der Waals surface area contributed by atoms with E-state index in [0.717, 1.165) is 5.56 Å². The topological polar surface area (TPSA) is 190 Å². The molecule has 1 aliphatic rings. The number of carboxylic acids is 3.